The fourth-order valence-electron chi connectivity index (χ4n) is 4.37. The second-order valence-electron chi connectivity index (χ2n) is 8.68. The fraction of sp³-hybridized carbons (Fsp3) is 0.276. The molecule has 0 radical (unpaired) electrons. The number of benzene rings is 3. The molecule has 198 valence electrons. The van der Waals surface area contributed by atoms with Crippen molar-refractivity contribution in [1.29, 1.82) is 0 Å². The summed E-state index contributed by atoms with van der Waals surface area (Å²) in [6.45, 7) is 0.00562. The average Bonchev–Trinajstić information content (AvgIpc) is 3.40. The molecule has 0 spiro atoms. The number of carbonyl (C=O) groups excluding carboxylic acids is 2. The number of hydrogen-bond acceptors (Lipinski definition) is 6. The van der Waals surface area contributed by atoms with Crippen LogP contribution in [0.5, 0.6) is 11.5 Å². The van der Waals surface area contributed by atoms with E-state index in [1.165, 1.54) is 35.2 Å². The van der Waals surface area contributed by atoms with Crippen molar-refractivity contribution >= 4 is 17.5 Å². The molecule has 3 aromatic rings. The summed E-state index contributed by atoms with van der Waals surface area (Å²) in [5.74, 6) is -0.437. The standard InChI is InChI=1S/C29H30FN3O5/c1-36-16-15-32(29(35)22-11-7-8-12-24(22)30)19-28(34)33-26(20-9-5-4-6-10-20)18-25(31-33)23-14-13-21(37-2)17-27(23)38-3/h4-14,17,26H,15-16,18-19H2,1-3H3/t26-/m1/s1. The maximum absolute atomic E-state index is 14.4. The number of amides is 2. The first-order valence-electron chi connectivity index (χ1n) is 12.2. The molecule has 0 fully saturated rings. The van der Waals surface area contributed by atoms with Crippen molar-refractivity contribution in [3.8, 4) is 11.5 Å². The Morgan fingerprint density at radius 3 is 2.42 bits per heavy atom. The van der Waals surface area contributed by atoms with Gasteiger partial charge in [0.25, 0.3) is 11.8 Å². The van der Waals surface area contributed by atoms with Crippen molar-refractivity contribution in [2.75, 3.05) is 41.0 Å². The predicted molar refractivity (Wildman–Crippen MR) is 141 cm³/mol. The highest BCUT2D eigenvalue weighted by atomic mass is 19.1. The van der Waals surface area contributed by atoms with E-state index in [2.05, 4.69) is 0 Å². The van der Waals surface area contributed by atoms with Crippen LogP contribution in [0.1, 0.15) is 33.9 Å². The summed E-state index contributed by atoms with van der Waals surface area (Å²) in [6, 6.07) is 20.3. The predicted octanol–water partition coefficient (Wildman–Crippen LogP) is 4.31. The zero-order valence-corrected chi connectivity index (χ0v) is 21.6. The van der Waals surface area contributed by atoms with E-state index in [0.717, 1.165) is 11.1 Å². The molecular formula is C29H30FN3O5. The molecule has 4 rings (SSSR count). The van der Waals surface area contributed by atoms with Crippen LogP contribution in [0.15, 0.2) is 77.9 Å². The van der Waals surface area contributed by atoms with Gasteiger partial charge < -0.3 is 19.1 Å². The molecule has 1 aliphatic rings. The van der Waals surface area contributed by atoms with Gasteiger partial charge in [-0.3, -0.25) is 9.59 Å². The second-order valence-corrected chi connectivity index (χ2v) is 8.68. The van der Waals surface area contributed by atoms with E-state index in [4.69, 9.17) is 19.3 Å². The van der Waals surface area contributed by atoms with Gasteiger partial charge in [0.2, 0.25) is 0 Å². The molecule has 1 aliphatic heterocycles. The van der Waals surface area contributed by atoms with E-state index in [1.54, 1.807) is 26.4 Å². The molecular weight excluding hydrogens is 489 g/mol. The third-order valence-corrected chi connectivity index (χ3v) is 6.35. The lowest BCUT2D eigenvalue weighted by molar-refractivity contribution is -0.133. The first-order chi connectivity index (χ1) is 18.5. The number of carbonyl (C=O) groups is 2. The zero-order chi connectivity index (χ0) is 27.1. The molecule has 9 heteroatoms. The van der Waals surface area contributed by atoms with Crippen molar-refractivity contribution in [2.24, 2.45) is 5.10 Å². The molecule has 0 unspecified atom stereocenters. The van der Waals surface area contributed by atoms with Crippen molar-refractivity contribution < 1.29 is 28.2 Å². The topological polar surface area (TPSA) is 80.7 Å². The fourth-order valence-corrected chi connectivity index (χ4v) is 4.37. The van der Waals surface area contributed by atoms with Crippen LogP contribution in [-0.2, 0) is 9.53 Å². The molecule has 0 N–H and O–H groups in total. The third kappa shape index (κ3) is 5.84. The molecule has 1 atom stereocenters. The highest BCUT2D eigenvalue weighted by molar-refractivity contribution is 6.05. The molecule has 0 aliphatic carbocycles. The van der Waals surface area contributed by atoms with Crippen LogP contribution in [0.2, 0.25) is 0 Å². The Kier molecular flexibility index (Phi) is 8.70. The average molecular weight is 520 g/mol. The molecule has 0 bridgehead atoms. The molecule has 1 heterocycles. The zero-order valence-electron chi connectivity index (χ0n) is 21.6. The molecule has 3 aromatic carbocycles. The van der Waals surface area contributed by atoms with E-state index in [0.29, 0.717) is 23.6 Å². The van der Waals surface area contributed by atoms with Crippen LogP contribution in [0, 0.1) is 5.82 Å². The number of ether oxygens (including phenoxy) is 3. The number of rotatable bonds is 10. The van der Waals surface area contributed by atoms with Crippen LogP contribution < -0.4 is 9.47 Å². The summed E-state index contributed by atoms with van der Waals surface area (Å²) in [5, 5.41) is 6.10. The second kappa shape index (κ2) is 12.3. The lowest BCUT2D eigenvalue weighted by Gasteiger charge is -2.27. The van der Waals surface area contributed by atoms with Crippen LogP contribution in [0.4, 0.5) is 4.39 Å². The van der Waals surface area contributed by atoms with E-state index in [1.807, 2.05) is 42.5 Å². The molecule has 0 aromatic heterocycles. The summed E-state index contributed by atoms with van der Waals surface area (Å²) in [6.07, 6.45) is 0.442. The summed E-state index contributed by atoms with van der Waals surface area (Å²) >= 11 is 0. The van der Waals surface area contributed by atoms with Crippen molar-refractivity contribution in [1.82, 2.24) is 9.91 Å². The Hall–Kier alpha value is -4.24. The van der Waals surface area contributed by atoms with Gasteiger partial charge in [-0.2, -0.15) is 5.10 Å². The smallest absolute Gasteiger partial charge is 0.262 e. The first-order valence-corrected chi connectivity index (χ1v) is 12.2. The van der Waals surface area contributed by atoms with Gasteiger partial charge in [0.1, 0.15) is 23.9 Å². The van der Waals surface area contributed by atoms with E-state index >= 15 is 0 Å². The Bertz CT molecular complexity index is 1310. The number of hydrazone groups is 1. The lowest BCUT2D eigenvalue weighted by Crippen LogP contribution is -2.43. The van der Waals surface area contributed by atoms with Crippen molar-refractivity contribution in [3.05, 3.63) is 95.3 Å². The Morgan fingerprint density at radius 1 is 1.00 bits per heavy atom. The molecule has 0 saturated carbocycles. The van der Waals surface area contributed by atoms with E-state index in [-0.39, 0.29) is 25.3 Å². The van der Waals surface area contributed by atoms with Gasteiger partial charge in [0.15, 0.2) is 0 Å². The van der Waals surface area contributed by atoms with Crippen molar-refractivity contribution in [2.45, 2.75) is 12.5 Å². The first kappa shape index (κ1) is 26.8. The third-order valence-electron chi connectivity index (χ3n) is 6.35. The quantitative estimate of drug-likeness (QED) is 0.399. The molecule has 8 nitrogen and oxygen atoms in total. The summed E-state index contributed by atoms with van der Waals surface area (Å²) < 4.78 is 30.4. The molecule has 38 heavy (non-hydrogen) atoms. The van der Waals surface area contributed by atoms with Gasteiger partial charge in [-0.15, -0.1) is 0 Å². The van der Waals surface area contributed by atoms with E-state index < -0.39 is 23.7 Å². The van der Waals surface area contributed by atoms with Gasteiger partial charge in [-0.05, 0) is 29.8 Å². The number of halogens is 1. The Morgan fingerprint density at radius 2 is 1.74 bits per heavy atom. The maximum Gasteiger partial charge on any atom is 0.262 e. The normalized spacial score (nSPS) is 14.7. The minimum Gasteiger partial charge on any atom is -0.497 e. The highest BCUT2D eigenvalue weighted by Gasteiger charge is 2.35. The minimum atomic E-state index is -0.650. The lowest BCUT2D eigenvalue weighted by atomic mass is 9.98. The van der Waals surface area contributed by atoms with E-state index in [9.17, 15) is 14.0 Å². The SMILES string of the molecule is COCCN(CC(=O)N1N=C(c2ccc(OC)cc2OC)C[C@@H]1c1ccccc1)C(=O)c1ccccc1F. The maximum atomic E-state index is 14.4. The van der Waals surface area contributed by atoms with Gasteiger partial charge in [-0.1, -0.05) is 42.5 Å². The summed E-state index contributed by atoms with van der Waals surface area (Å²) in [5.41, 5.74) is 2.19. The van der Waals surface area contributed by atoms with Gasteiger partial charge >= 0.3 is 0 Å². The van der Waals surface area contributed by atoms with Gasteiger partial charge in [0, 0.05) is 31.7 Å². The monoisotopic (exact) mass is 519 g/mol. The van der Waals surface area contributed by atoms with Crippen LogP contribution in [0.3, 0.4) is 0 Å². The largest absolute Gasteiger partial charge is 0.497 e. The van der Waals surface area contributed by atoms with Crippen LogP contribution >= 0.6 is 0 Å². The Labute approximate surface area is 221 Å². The van der Waals surface area contributed by atoms with Crippen LogP contribution in [-0.4, -0.2) is 68.5 Å². The minimum absolute atomic E-state index is 0.107. The number of hydrogen-bond donors (Lipinski definition) is 0. The number of nitrogens with zero attached hydrogens (tertiary/aromatic N) is 3. The molecule has 0 saturated heterocycles. The number of methoxy groups -OCH3 is 3. The van der Waals surface area contributed by atoms with Gasteiger partial charge in [-0.25, -0.2) is 9.40 Å². The van der Waals surface area contributed by atoms with Crippen LogP contribution in [0.25, 0.3) is 0 Å². The highest BCUT2D eigenvalue weighted by Crippen LogP contribution is 2.36. The van der Waals surface area contributed by atoms with Gasteiger partial charge in [0.05, 0.1) is 38.1 Å². The summed E-state index contributed by atoms with van der Waals surface area (Å²) in [7, 11) is 4.64. The molecule has 2 amide bonds. The van der Waals surface area contributed by atoms with Crippen molar-refractivity contribution in [3.63, 3.8) is 0 Å². The Balaban J connectivity index is 1.67. The summed E-state index contributed by atoms with van der Waals surface area (Å²) in [4.78, 5) is 28.2.